The van der Waals surface area contributed by atoms with E-state index in [4.69, 9.17) is 14.2 Å². The maximum atomic E-state index is 14.8. The quantitative estimate of drug-likeness (QED) is 0.290. The summed E-state index contributed by atoms with van der Waals surface area (Å²) in [6, 6.07) is 18.6. The van der Waals surface area contributed by atoms with E-state index >= 15 is 0 Å². The van der Waals surface area contributed by atoms with Crippen molar-refractivity contribution in [2.45, 2.75) is 53.6 Å². The minimum atomic E-state index is -0.274. The highest BCUT2D eigenvalue weighted by atomic mass is 19.1. The fourth-order valence-electron chi connectivity index (χ4n) is 3.99. The van der Waals surface area contributed by atoms with Gasteiger partial charge >= 0.3 is 5.97 Å². The zero-order valence-electron chi connectivity index (χ0n) is 21.3. The van der Waals surface area contributed by atoms with E-state index in [9.17, 15) is 9.18 Å². The van der Waals surface area contributed by atoms with Gasteiger partial charge in [0.15, 0.2) is 0 Å². The Balaban J connectivity index is 1.79. The van der Waals surface area contributed by atoms with E-state index < -0.39 is 0 Å². The van der Waals surface area contributed by atoms with Crippen LogP contribution in [0, 0.1) is 11.2 Å². The first-order valence-corrected chi connectivity index (χ1v) is 12.0. The normalized spacial score (nSPS) is 11.3. The smallest absolute Gasteiger partial charge is 0.306 e. The van der Waals surface area contributed by atoms with Crippen molar-refractivity contribution < 1.29 is 23.4 Å². The summed E-state index contributed by atoms with van der Waals surface area (Å²) in [5.41, 5.74) is 4.51. The number of esters is 1. The fourth-order valence-corrected chi connectivity index (χ4v) is 3.99. The summed E-state index contributed by atoms with van der Waals surface area (Å²) < 4.78 is 31.2. The first kappa shape index (κ1) is 26.3. The van der Waals surface area contributed by atoms with E-state index in [0.717, 1.165) is 34.4 Å². The average molecular weight is 479 g/mol. The second-order valence-electron chi connectivity index (χ2n) is 9.82. The standard InChI is InChI=1S/C30H35FO4/c1-6-34-29(32)15-11-21-8-7-9-25(17-21)35-20-22-10-13-26(23(16-22)19-30(2,3)4)27-18-24(33-5)12-14-28(27)31/h7-10,12-14,16-18H,6,11,15,19-20H2,1-5H3. The molecule has 186 valence electrons. The average Bonchev–Trinajstić information content (AvgIpc) is 2.82. The number of benzene rings is 3. The van der Waals surface area contributed by atoms with Crippen LogP contribution in [0.1, 0.15) is 50.8 Å². The second kappa shape index (κ2) is 11.9. The highest BCUT2D eigenvalue weighted by Gasteiger charge is 2.18. The third kappa shape index (κ3) is 7.84. The summed E-state index contributed by atoms with van der Waals surface area (Å²) in [4.78, 5) is 11.6. The summed E-state index contributed by atoms with van der Waals surface area (Å²) in [6.07, 6.45) is 1.73. The van der Waals surface area contributed by atoms with Crippen molar-refractivity contribution in [3.05, 3.63) is 83.2 Å². The molecule has 0 bridgehead atoms. The number of carbonyl (C=O) groups excluding carboxylic acids is 1. The lowest BCUT2D eigenvalue weighted by molar-refractivity contribution is -0.143. The Kier molecular flexibility index (Phi) is 8.91. The second-order valence-corrected chi connectivity index (χ2v) is 9.82. The number of ether oxygens (including phenoxy) is 3. The summed E-state index contributed by atoms with van der Waals surface area (Å²) in [7, 11) is 1.58. The number of hydrogen-bond donors (Lipinski definition) is 0. The molecule has 0 aliphatic heterocycles. The van der Waals surface area contributed by atoms with Gasteiger partial charge in [-0.1, -0.05) is 51.1 Å². The summed E-state index contributed by atoms with van der Waals surface area (Å²) in [5.74, 6) is 0.896. The Hall–Kier alpha value is -3.34. The van der Waals surface area contributed by atoms with E-state index in [2.05, 4.69) is 26.8 Å². The summed E-state index contributed by atoms with van der Waals surface area (Å²) in [6.45, 7) is 9.10. The largest absolute Gasteiger partial charge is 0.497 e. The molecule has 0 aliphatic carbocycles. The molecule has 0 spiro atoms. The maximum absolute atomic E-state index is 14.8. The van der Waals surface area contributed by atoms with E-state index in [1.165, 1.54) is 6.07 Å². The molecule has 35 heavy (non-hydrogen) atoms. The molecular weight excluding hydrogens is 443 g/mol. The van der Waals surface area contributed by atoms with Gasteiger partial charge in [-0.15, -0.1) is 0 Å². The number of aryl methyl sites for hydroxylation is 1. The van der Waals surface area contributed by atoms with E-state index in [1.54, 1.807) is 26.2 Å². The van der Waals surface area contributed by atoms with Gasteiger partial charge in [0.05, 0.1) is 13.7 Å². The molecule has 0 amide bonds. The molecule has 0 saturated carbocycles. The van der Waals surface area contributed by atoms with Gasteiger partial charge in [-0.3, -0.25) is 4.79 Å². The summed E-state index contributed by atoms with van der Waals surface area (Å²) >= 11 is 0. The molecule has 0 N–H and O–H groups in total. The molecule has 0 fully saturated rings. The molecule has 3 aromatic rings. The van der Waals surface area contributed by atoms with Crippen molar-refractivity contribution >= 4 is 5.97 Å². The molecular formula is C30H35FO4. The monoisotopic (exact) mass is 478 g/mol. The Morgan fingerprint density at radius 2 is 1.71 bits per heavy atom. The van der Waals surface area contributed by atoms with Crippen LogP contribution in [0.2, 0.25) is 0 Å². The molecule has 0 aromatic heterocycles. The van der Waals surface area contributed by atoms with Gasteiger partial charge < -0.3 is 14.2 Å². The fraction of sp³-hybridized carbons (Fsp3) is 0.367. The van der Waals surface area contributed by atoms with Gasteiger partial charge in [0.1, 0.15) is 23.9 Å². The number of methoxy groups -OCH3 is 1. The van der Waals surface area contributed by atoms with Crippen LogP contribution in [0.4, 0.5) is 4.39 Å². The van der Waals surface area contributed by atoms with Crippen LogP contribution in [-0.2, 0) is 29.0 Å². The predicted octanol–water partition coefficient (Wildman–Crippen LogP) is 7.16. The van der Waals surface area contributed by atoms with Crippen molar-refractivity contribution in [3.63, 3.8) is 0 Å². The SMILES string of the molecule is CCOC(=O)CCc1cccc(OCc2ccc(-c3cc(OC)ccc3F)c(CC(C)(C)C)c2)c1. The van der Waals surface area contributed by atoms with Crippen LogP contribution in [0.5, 0.6) is 11.5 Å². The van der Waals surface area contributed by atoms with Gasteiger partial charge in [0.2, 0.25) is 0 Å². The van der Waals surface area contributed by atoms with Gasteiger partial charge in [0, 0.05) is 12.0 Å². The number of hydrogen-bond acceptors (Lipinski definition) is 4. The zero-order valence-corrected chi connectivity index (χ0v) is 21.3. The van der Waals surface area contributed by atoms with Crippen molar-refractivity contribution in [2.24, 2.45) is 5.41 Å². The van der Waals surface area contributed by atoms with Crippen molar-refractivity contribution in [1.29, 1.82) is 0 Å². The predicted molar refractivity (Wildman–Crippen MR) is 137 cm³/mol. The van der Waals surface area contributed by atoms with Gasteiger partial charge in [0.25, 0.3) is 0 Å². The molecule has 0 heterocycles. The molecule has 0 aliphatic rings. The lowest BCUT2D eigenvalue weighted by atomic mass is 9.84. The molecule has 0 atom stereocenters. The number of rotatable bonds is 10. The molecule has 3 rings (SSSR count). The van der Waals surface area contributed by atoms with Gasteiger partial charge in [-0.2, -0.15) is 0 Å². The number of halogens is 1. The summed E-state index contributed by atoms with van der Waals surface area (Å²) in [5, 5.41) is 0. The topological polar surface area (TPSA) is 44.8 Å². The van der Waals surface area contributed by atoms with Gasteiger partial charge in [-0.05, 0) is 77.8 Å². The first-order chi connectivity index (χ1) is 16.7. The minimum absolute atomic E-state index is 0.0246. The minimum Gasteiger partial charge on any atom is -0.497 e. The van der Waals surface area contributed by atoms with E-state index in [1.807, 2.05) is 36.4 Å². The van der Waals surface area contributed by atoms with Crippen molar-refractivity contribution in [1.82, 2.24) is 0 Å². The van der Waals surface area contributed by atoms with Crippen LogP contribution in [-0.4, -0.2) is 19.7 Å². The van der Waals surface area contributed by atoms with Crippen LogP contribution in [0.3, 0.4) is 0 Å². The molecule has 0 saturated heterocycles. The Morgan fingerprint density at radius 1 is 0.914 bits per heavy atom. The van der Waals surface area contributed by atoms with Crippen LogP contribution >= 0.6 is 0 Å². The van der Waals surface area contributed by atoms with Crippen LogP contribution in [0.15, 0.2) is 60.7 Å². The highest BCUT2D eigenvalue weighted by molar-refractivity contribution is 5.70. The Bertz CT molecular complexity index is 1150. The molecule has 3 aromatic carbocycles. The van der Waals surface area contributed by atoms with E-state index in [0.29, 0.717) is 37.4 Å². The Morgan fingerprint density at radius 3 is 2.43 bits per heavy atom. The van der Waals surface area contributed by atoms with Gasteiger partial charge in [-0.25, -0.2) is 4.39 Å². The van der Waals surface area contributed by atoms with Crippen LogP contribution in [0.25, 0.3) is 11.1 Å². The van der Waals surface area contributed by atoms with E-state index in [-0.39, 0.29) is 17.2 Å². The lowest BCUT2D eigenvalue weighted by Gasteiger charge is -2.22. The molecule has 4 nitrogen and oxygen atoms in total. The lowest BCUT2D eigenvalue weighted by Crippen LogP contribution is -2.11. The highest BCUT2D eigenvalue weighted by Crippen LogP contribution is 2.34. The Labute approximate surface area is 208 Å². The van der Waals surface area contributed by atoms with Crippen LogP contribution < -0.4 is 9.47 Å². The molecule has 0 unspecified atom stereocenters. The van der Waals surface area contributed by atoms with Crippen molar-refractivity contribution in [2.75, 3.05) is 13.7 Å². The third-order valence-corrected chi connectivity index (χ3v) is 5.58. The van der Waals surface area contributed by atoms with Crippen molar-refractivity contribution in [3.8, 4) is 22.6 Å². The number of carbonyl (C=O) groups is 1. The maximum Gasteiger partial charge on any atom is 0.306 e. The third-order valence-electron chi connectivity index (χ3n) is 5.58. The molecule has 5 heteroatoms. The first-order valence-electron chi connectivity index (χ1n) is 12.0. The zero-order chi connectivity index (χ0) is 25.4. The molecule has 0 radical (unpaired) electrons.